The van der Waals surface area contributed by atoms with Crippen molar-refractivity contribution in [1.29, 1.82) is 0 Å². The highest BCUT2D eigenvalue weighted by Gasteiger charge is 2.12. The maximum Gasteiger partial charge on any atom is 0.340 e. The largest absolute Gasteiger partial charge is 0.493 e. The number of H-pyrrole nitrogens is 2. The Labute approximate surface area is 96.6 Å². The molecule has 90 valence electrons. The standard InChI is InChI=1S/C10H12N4O3/c1-16-7-3-5(6(11)4-8(7)17-2)9-12-10(15)14-13-9/h3-4H,11H2,1-2H3,(H2,12,13,14,15). The second-order valence-corrected chi connectivity index (χ2v) is 3.32. The Morgan fingerprint density at radius 1 is 1.24 bits per heavy atom. The van der Waals surface area contributed by atoms with Crippen molar-refractivity contribution in [1.82, 2.24) is 15.2 Å². The zero-order valence-corrected chi connectivity index (χ0v) is 9.40. The molecule has 0 aliphatic carbocycles. The third kappa shape index (κ3) is 1.94. The zero-order valence-electron chi connectivity index (χ0n) is 9.40. The second kappa shape index (κ2) is 4.20. The van der Waals surface area contributed by atoms with Crippen molar-refractivity contribution >= 4 is 5.69 Å². The van der Waals surface area contributed by atoms with E-state index >= 15 is 0 Å². The van der Waals surface area contributed by atoms with E-state index in [0.717, 1.165) is 0 Å². The van der Waals surface area contributed by atoms with Gasteiger partial charge in [-0.05, 0) is 6.07 Å². The molecular weight excluding hydrogens is 224 g/mol. The first-order valence-corrected chi connectivity index (χ1v) is 4.82. The number of nitrogens with zero attached hydrogens (tertiary/aromatic N) is 1. The predicted molar refractivity (Wildman–Crippen MR) is 62.2 cm³/mol. The van der Waals surface area contributed by atoms with Crippen molar-refractivity contribution in [2.45, 2.75) is 0 Å². The summed E-state index contributed by atoms with van der Waals surface area (Å²) in [6.45, 7) is 0. The van der Waals surface area contributed by atoms with Crippen LogP contribution in [0.1, 0.15) is 0 Å². The van der Waals surface area contributed by atoms with E-state index in [1.807, 2.05) is 0 Å². The summed E-state index contributed by atoms with van der Waals surface area (Å²) in [5.74, 6) is 1.39. The van der Waals surface area contributed by atoms with Crippen LogP contribution < -0.4 is 20.9 Å². The molecule has 4 N–H and O–H groups in total. The van der Waals surface area contributed by atoms with Gasteiger partial charge in [-0.3, -0.25) is 4.98 Å². The van der Waals surface area contributed by atoms with E-state index < -0.39 is 5.69 Å². The molecule has 0 saturated carbocycles. The minimum absolute atomic E-state index is 0.355. The fourth-order valence-electron chi connectivity index (χ4n) is 1.50. The van der Waals surface area contributed by atoms with Gasteiger partial charge >= 0.3 is 5.69 Å². The monoisotopic (exact) mass is 236 g/mol. The summed E-state index contributed by atoms with van der Waals surface area (Å²) in [4.78, 5) is 13.5. The van der Waals surface area contributed by atoms with E-state index in [2.05, 4.69) is 15.2 Å². The minimum Gasteiger partial charge on any atom is -0.493 e. The van der Waals surface area contributed by atoms with Crippen LogP contribution >= 0.6 is 0 Å². The lowest BCUT2D eigenvalue weighted by Crippen LogP contribution is -2.01. The van der Waals surface area contributed by atoms with Crippen LogP contribution in [-0.4, -0.2) is 29.4 Å². The normalized spacial score (nSPS) is 10.2. The van der Waals surface area contributed by atoms with Gasteiger partial charge in [-0.25, -0.2) is 9.89 Å². The van der Waals surface area contributed by atoms with Crippen molar-refractivity contribution in [3.05, 3.63) is 22.6 Å². The van der Waals surface area contributed by atoms with Crippen molar-refractivity contribution in [2.75, 3.05) is 20.0 Å². The zero-order chi connectivity index (χ0) is 12.4. The predicted octanol–water partition coefficient (Wildman–Crippen LogP) is 0.364. The lowest BCUT2D eigenvalue weighted by atomic mass is 10.1. The molecule has 0 amide bonds. The molecule has 0 spiro atoms. The first-order valence-electron chi connectivity index (χ1n) is 4.82. The minimum atomic E-state index is -0.394. The van der Waals surface area contributed by atoms with Gasteiger partial charge in [0.2, 0.25) is 0 Å². The Morgan fingerprint density at radius 3 is 2.41 bits per heavy atom. The number of aromatic nitrogens is 3. The van der Waals surface area contributed by atoms with Crippen LogP contribution in [0.25, 0.3) is 11.4 Å². The number of nitrogen functional groups attached to an aromatic ring is 1. The molecule has 0 unspecified atom stereocenters. The number of ether oxygens (including phenoxy) is 2. The van der Waals surface area contributed by atoms with E-state index in [-0.39, 0.29) is 0 Å². The molecular formula is C10H12N4O3. The molecule has 0 atom stereocenters. The van der Waals surface area contributed by atoms with Crippen LogP contribution in [0.15, 0.2) is 16.9 Å². The Bertz CT molecular complexity index is 587. The second-order valence-electron chi connectivity index (χ2n) is 3.32. The van der Waals surface area contributed by atoms with Gasteiger partial charge in [0.15, 0.2) is 17.3 Å². The molecule has 0 saturated heterocycles. The maximum absolute atomic E-state index is 11.0. The Hall–Kier alpha value is -2.44. The first kappa shape index (κ1) is 11.1. The number of aromatic amines is 2. The average Bonchev–Trinajstić information content (AvgIpc) is 2.75. The fourth-order valence-corrected chi connectivity index (χ4v) is 1.50. The third-order valence-corrected chi connectivity index (χ3v) is 2.31. The number of benzene rings is 1. The van der Waals surface area contributed by atoms with Gasteiger partial charge in [-0.1, -0.05) is 0 Å². The molecule has 0 radical (unpaired) electrons. The average molecular weight is 236 g/mol. The smallest absolute Gasteiger partial charge is 0.340 e. The van der Waals surface area contributed by atoms with Gasteiger partial charge in [0, 0.05) is 17.3 Å². The van der Waals surface area contributed by atoms with Crippen LogP contribution in [0.3, 0.4) is 0 Å². The highest BCUT2D eigenvalue weighted by molar-refractivity contribution is 5.75. The van der Waals surface area contributed by atoms with Gasteiger partial charge in [0.1, 0.15) is 0 Å². The molecule has 0 aliphatic rings. The summed E-state index contributed by atoms with van der Waals surface area (Å²) in [7, 11) is 3.04. The van der Waals surface area contributed by atoms with Crippen LogP contribution in [0.2, 0.25) is 0 Å². The number of anilines is 1. The third-order valence-electron chi connectivity index (χ3n) is 2.31. The fraction of sp³-hybridized carbons (Fsp3) is 0.200. The van der Waals surface area contributed by atoms with Crippen LogP contribution in [0.5, 0.6) is 11.5 Å². The van der Waals surface area contributed by atoms with E-state index in [9.17, 15) is 4.79 Å². The summed E-state index contributed by atoms with van der Waals surface area (Å²) < 4.78 is 10.3. The van der Waals surface area contributed by atoms with Crippen molar-refractivity contribution in [3.63, 3.8) is 0 Å². The molecule has 17 heavy (non-hydrogen) atoms. The molecule has 2 aromatic rings. The molecule has 1 aromatic carbocycles. The van der Waals surface area contributed by atoms with Crippen LogP contribution in [-0.2, 0) is 0 Å². The van der Waals surface area contributed by atoms with Crippen LogP contribution in [0.4, 0.5) is 5.69 Å². The molecule has 7 heteroatoms. The number of nitrogens with two attached hydrogens (primary N) is 1. The molecule has 1 heterocycles. The summed E-state index contributed by atoms with van der Waals surface area (Å²) in [6, 6.07) is 3.27. The number of rotatable bonds is 3. The van der Waals surface area contributed by atoms with Crippen LogP contribution in [0, 0.1) is 0 Å². The van der Waals surface area contributed by atoms with E-state index in [1.54, 1.807) is 12.1 Å². The molecule has 1 aromatic heterocycles. The van der Waals surface area contributed by atoms with Gasteiger partial charge in [0.05, 0.1) is 14.2 Å². The number of hydrogen-bond donors (Lipinski definition) is 3. The van der Waals surface area contributed by atoms with Crippen molar-refractivity contribution in [2.24, 2.45) is 0 Å². The first-order chi connectivity index (χ1) is 8.15. The number of hydrogen-bond acceptors (Lipinski definition) is 5. The highest BCUT2D eigenvalue weighted by atomic mass is 16.5. The summed E-state index contributed by atoms with van der Waals surface area (Å²) in [6.07, 6.45) is 0. The Morgan fingerprint density at radius 2 is 1.88 bits per heavy atom. The molecule has 0 fully saturated rings. The lowest BCUT2D eigenvalue weighted by molar-refractivity contribution is 0.355. The molecule has 2 rings (SSSR count). The SMILES string of the molecule is COc1cc(N)c(-c2n[nH]c(=O)[nH]2)cc1OC. The lowest BCUT2D eigenvalue weighted by Gasteiger charge is -2.10. The summed E-state index contributed by atoms with van der Waals surface area (Å²) >= 11 is 0. The van der Waals surface area contributed by atoms with Gasteiger partial charge in [-0.2, -0.15) is 5.10 Å². The number of nitrogens with one attached hydrogen (secondary N) is 2. The number of methoxy groups -OCH3 is 2. The summed E-state index contributed by atoms with van der Waals surface area (Å²) in [5.41, 5.74) is 6.46. The van der Waals surface area contributed by atoms with E-state index in [4.69, 9.17) is 15.2 Å². The Kier molecular flexibility index (Phi) is 2.73. The molecule has 0 bridgehead atoms. The van der Waals surface area contributed by atoms with Gasteiger partial charge in [-0.15, -0.1) is 0 Å². The van der Waals surface area contributed by atoms with E-state index in [0.29, 0.717) is 28.6 Å². The van der Waals surface area contributed by atoms with E-state index in [1.165, 1.54) is 14.2 Å². The van der Waals surface area contributed by atoms with Crippen molar-refractivity contribution < 1.29 is 9.47 Å². The topological polar surface area (TPSA) is 106 Å². The van der Waals surface area contributed by atoms with Gasteiger partial charge < -0.3 is 15.2 Å². The molecule has 7 nitrogen and oxygen atoms in total. The molecule has 0 aliphatic heterocycles. The maximum atomic E-state index is 11.0. The van der Waals surface area contributed by atoms with Gasteiger partial charge in [0.25, 0.3) is 0 Å². The highest BCUT2D eigenvalue weighted by Crippen LogP contribution is 2.35. The van der Waals surface area contributed by atoms with Crippen molar-refractivity contribution in [3.8, 4) is 22.9 Å². The quantitative estimate of drug-likeness (QED) is 0.667. The summed E-state index contributed by atoms with van der Waals surface area (Å²) in [5, 5.41) is 6.08. The Balaban J connectivity index is 2.58.